The number of hydrogen-bond acceptors (Lipinski definition) is 4. The summed E-state index contributed by atoms with van der Waals surface area (Å²) in [5, 5.41) is 2.91. The average Bonchev–Trinajstić information content (AvgIpc) is 2.86. The molecular weight excluding hydrogens is 334 g/mol. The third kappa shape index (κ3) is 4.03. The van der Waals surface area contributed by atoms with Crippen LogP contribution in [0, 0.1) is 6.92 Å². The Morgan fingerprint density at radius 2 is 1.62 bits per heavy atom. The topological polar surface area (TPSA) is 71.1 Å². The normalized spacial score (nSPS) is 17.1. The Morgan fingerprint density at radius 1 is 1.00 bits per heavy atom. The van der Waals surface area contributed by atoms with Gasteiger partial charge in [-0.05, 0) is 44.9 Å². The maximum Gasteiger partial charge on any atom is 0.317 e. The molecule has 2 heterocycles. The van der Waals surface area contributed by atoms with Crippen LogP contribution in [0.4, 0.5) is 4.79 Å². The fourth-order valence-corrected chi connectivity index (χ4v) is 3.25. The molecule has 0 unspecified atom stereocenters. The Balaban J connectivity index is 1.70. The molecule has 142 valence electrons. The van der Waals surface area contributed by atoms with E-state index in [1.165, 1.54) is 0 Å². The number of ether oxygens (including phenoxy) is 2. The maximum absolute atomic E-state index is 13.0. The zero-order valence-corrected chi connectivity index (χ0v) is 15.7. The van der Waals surface area contributed by atoms with Gasteiger partial charge in [-0.25, -0.2) is 4.79 Å². The highest BCUT2D eigenvalue weighted by molar-refractivity contribution is 5.96. The number of carbonyl (C=O) groups excluding carboxylic acids is 2. The van der Waals surface area contributed by atoms with Gasteiger partial charge in [0.15, 0.2) is 11.5 Å². The summed E-state index contributed by atoms with van der Waals surface area (Å²) in [7, 11) is 0. The third-order valence-electron chi connectivity index (χ3n) is 4.60. The molecule has 0 spiro atoms. The molecule has 1 saturated heterocycles. The molecule has 0 bridgehead atoms. The SMILES string of the molecule is Cc1cc2c(cc1C(=O)N1CCCN(C(=O)NC(C)C)CC1)OCCO2. The van der Waals surface area contributed by atoms with Gasteiger partial charge in [0.1, 0.15) is 13.2 Å². The van der Waals surface area contributed by atoms with Gasteiger partial charge in [-0.1, -0.05) is 0 Å². The van der Waals surface area contributed by atoms with Crippen LogP contribution in [0.5, 0.6) is 11.5 Å². The first kappa shape index (κ1) is 18.4. The lowest BCUT2D eigenvalue weighted by Gasteiger charge is -2.25. The van der Waals surface area contributed by atoms with Crippen LogP contribution in [0.15, 0.2) is 12.1 Å². The smallest absolute Gasteiger partial charge is 0.317 e. The first-order valence-corrected chi connectivity index (χ1v) is 9.20. The molecule has 0 aliphatic carbocycles. The maximum atomic E-state index is 13.0. The van der Waals surface area contributed by atoms with Gasteiger partial charge in [0.25, 0.3) is 5.91 Å². The van der Waals surface area contributed by atoms with Gasteiger partial charge >= 0.3 is 6.03 Å². The molecule has 2 aliphatic rings. The molecule has 0 atom stereocenters. The molecule has 7 nitrogen and oxygen atoms in total. The largest absolute Gasteiger partial charge is 0.486 e. The summed E-state index contributed by atoms with van der Waals surface area (Å²) in [6.45, 7) is 9.16. The minimum absolute atomic E-state index is 0.0226. The van der Waals surface area contributed by atoms with Crippen LogP contribution in [-0.2, 0) is 0 Å². The molecule has 7 heteroatoms. The highest BCUT2D eigenvalue weighted by Gasteiger charge is 2.25. The fourth-order valence-electron chi connectivity index (χ4n) is 3.25. The van der Waals surface area contributed by atoms with E-state index in [0.29, 0.717) is 56.5 Å². The predicted octanol–water partition coefficient (Wildman–Crippen LogP) is 2.03. The van der Waals surface area contributed by atoms with Gasteiger partial charge in [0, 0.05) is 37.8 Å². The van der Waals surface area contributed by atoms with Crippen LogP contribution >= 0.6 is 0 Å². The van der Waals surface area contributed by atoms with Crippen LogP contribution in [0.25, 0.3) is 0 Å². The molecule has 3 rings (SSSR count). The lowest BCUT2D eigenvalue weighted by Crippen LogP contribution is -2.44. The average molecular weight is 361 g/mol. The van der Waals surface area contributed by atoms with Crippen LogP contribution in [0.3, 0.4) is 0 Å². The standard InChI is InChI=1S/C19H27N3O4/c1-13(2)20-19(24)22-6-4-5-21(7-8-22)18(23)15-12-17-16(11-14(15)3)25-9-10-26-17/h11-13H,4-10H2,1-3H3,(H,20,24). The van der Waals surface area contributed by atoms with Crippen molar-refractivity contribution < 1.29 is 19.1 Å². The van der Waals surface area contributed by atoms with E-state index in [9.17, 15) is 9.59 Å². The van der Waals surface area contributed by atoms with Crippen LogP contribution in [-0.4, -0.2) is 67.2 Å². The Morgan fingerprint density at radius 3 is 2.31 bits per heavy atom. The summed E-state index contributed by atoms with van der Waals surface area (Å²) in [6.07, 6.45) is 0.765. The van der Waals surface area contributed by atoms with Gasteiger partial charge in [0.2, 0.25) is 0 Å². The number of amides is 3. The molecule has 1 aromatic rings. The monoisotopic (exact) mass is 361 g/mol. The van der Waals surface area contributed by atoms with Crippen molar-refractivity contribution in [1.29, 1.82) is 0 Å². The number of nitrogens with zero attached hydrogens (tertiary/aromatic N) is 2. The number of hydrogen-bond donors (Lipinski definition) is 1. The summed E-state index contributed by atoms with van der Waals surface area (Å²) in [5.74, 6) is 1.29. The number of aryl methyl sites for hydroxylation is 1. The zero-order valence-electron chi connectivity index (χ0n) is 15.7. The van der Waals surface area contributed by atoms with Crippen molar-refractivity contribution in [3.05, 3.63) is 23.3 Å². The second-order valence-corrected chi connectivity index (χ2v) is 7.05. The first-order valence-electron chi connectivity index (χ1n) is 9.20. The van der Waals surface area contributed by atoms with Crippen molar-refractivity contribution in [3.8, 4) is 11.5 Å². The van der Waals surface area contributed by atoms with Crippen molar-refractivity contribution in [2.45, 2.75) is 33.2 Å². The van der Waals surface area contributed by atoms with E-state index in [1.807, 2.05) is 31.7 Å². The molecule has 1 aromatic carbocycles. The first-order chi connectivity index (χ1) is 12.5. The molecule has 0 radical (unpaired) electrons. The molecule has 1 N–H and O–H groups in total. The molecular formula is C19H27N3O4. The van der Waals surface area contributed by atoms with E-state index in [4.69, 9.17) is 9.47 Å². The van der Waals surface area contributed by atoms with Gasteiger partial charge in [-0.15, -0.1) is 0 Å². The molecule has 1 fully saturated rings. The highest BCUT2D eigenvalue weighted by Crippen LogP contribution is 2.33. The van der Waals surface area contributed by atoms with E-state index in [0.717, 1.165) is 12.0 Å². The van der Waals surface area contributed by atoms with E-state index in [2.05, 4.69) is 5.32 Å². The van der Waals surface area contributed by atoms with Crippen molar-refractivity contribution in [2.75, 3.05) is 39.4 Å². The Hall–Kier alpha value is -2.44. The number of nitrogens with one attached hydrogen (secondary N) is 1. The van der Waals surface area contributed by atoms with Gasteiger partial charge in [-0.3, -0.25) is 4.79 Å². The van der Waals surface area contributed by atoms with E-state index >= 15 is 0 Å². The Kier molecular flexibility index (Phi) is 5.54. The summed E-state index contributed by atoms with van der Waals surface area (Å²) in [6, 6.07) is 3.68. The quantitative estimate of drug-likeness (QED) is 0.875. The molecule has 0 saturated carbocycles. The van der Waals surface area contributed by atoms with Crippen molar-refractivity contribution >= 4 is 11.9 Å². The van der Waals surface area contributed by atoms with Crippen molar-refractivity contribution in [1.82, 2.24) is 15.1 Å². The summed E-state index contributed by atoms with van der Waals surface area (Å²) < 4.78 is 11.2. The van der Waals surface area contributed by atoms with E-state index in [1.54, 1.807) is 11.0 Å². The predicted molar refractivity (Wildman–Crippen MR) is 97.9 cm³/mol. The van der Waals surface area contributed by atoms with E-state index in [-0.39, 0.29) is 18.0 Å². The lowest BCUT2D eigenvalue weighted by molar-refractivity contribution is 0.0760. The second-order valence-electron chi connectivity index (χ2n) is 7.05. The van der Waals surface area contributed by atoms with Crippen LogP contribution in [0.2, 0.25) is 0 Å². The highest BCUT2D eigenvalue weighted by atomic mass is 16.6. The van der Waals surface area contributed by atoms with Crippen LogP contribution < -0.4 is 14.8 Å². The third-order valence-corrected chi connectivity index (χ3v) is 4.60. The minimum Gasteiger partial charge on any atom is -0.486 e. The van der Waals surface area contributed by atoms with Gasteiger partial charge < -0.3 is 24.6 Å². The molecule has 0 aromatic heterocycles. The van der Waals surface area contributed by atoms with Gasteiger partial charge in [-0.2, -0.15) is 0 Å². The Bertz CT molecular complexity index is 690. The number of urea groups is 1. The molecule has 2 aliphatic heterocycles. The Labute approximate surface area is 154 Å². The molecule has 26 heavy (non-hydrogen) atoms. The summed E-state index contributed by atoms with van der Waals surface area (Å²) in [4.78, 5) is 28.8. The second kappa shape index (κ2) is 7.85. The number of rotatable bonds is 2. The number of benzene rings is 1. The molecule has 3 amide bonds. The zero-order chi connectivity index (χ0) is 18.7. The fraction of sp³-hybridized carbons (Fsp3) is 0.579. The summed E-state index contributed by atoms with van der Waals surface area (Å²) in [5.41, 5.74) is 1.51. The number of carbonyl (C=O) groups is 2. The summed E-state index contributed by atoms with van der Waals surface area (Å²) >= 11 is 0. The van der Waals surface area contributed by atoms with Crippen molar-refractivity contribution in [3.63, 3.8) is 0 Å². The van der Waals surface area contributed by atoms with Gasteiger partial charge in [0.05, 0.1) is 0 Å². The van der Waals surface area contributed by atoms with Crippen molar-refractivity contribution in [2.24, 2.45) is 0 Å². The lowest BCUT2D eigenvalue weighted by atomic mass is 10.1. The minimum atomic E-state index is -0.0650. The van der Waals surface area contributed by atoms with Crippen LogP contribution in [0.1, 0.15) is 36.2 Å². The number of fused-ring (bicyclic) bond motifs is 1. The van der Waals surface area contributed by atoms with E-state index < -0.39 is 0 Å².